The molecule has 1 N–H and O–H groups in total. The van der Waals surface area contributed by atoms with E-state index < -0.39 is 0 Å². The van der Waals surface area contributed by atoms with Gasteiger partial charge in [-0.05, 0) is 55.5 Å². The Balaban J connectivity index is 1.24. The maximum Gasteiger partial charge on any atom is 0.251 e. The lowest BCUT2D eigenvalue weighted by Crippen LogP contribution is -2.48. The third-order valence-corrected chi connectivity index (χ3v) is 5.90. The SMILES string of the molecule is CCOc1cc(C(=O)NCCN2CCN(c3ccc(F)cc3)CC2)ccc1OCc1cccnc1. The van der Waals surface area contributed by atoms with E-state index in [1.165, 1.54) is 12.1 Å². The zero-order chi connectivity index (χ0) is 24.5. The van der Waals surface area contributed by atoms with E-state index in [0.717, 1.165) is 44.0 Å². The van der Waals surface area contributed by atoms with Crippen molar-refractivity contribution in [3.05, 3.63) is 83.9 Å². The highest BCUT2D eigenvalue weighted by atomic mass is 19.1. The zero-order valence-corrected chi connectivity index (χ0v) is 20.0. The lowest BCUT2D eigenvalue weighted by Gasteiger charge is -2.36. The number of nitrogens with zero attached hydrogens (tertiary/aromatic N) is 3. The summed E-state index contributed by atoms with van der Waals surface area (Å²) in [6, 6.07) is 15.7. The lowest BCUT2D eigenvalue weighted by molar-refractivity contribution is 0.0947. The second kappa shape index (κ2) is 12.2. The average Bonchev–Trinajstić information content (AvgIpc) is 2.89. The molecule has 2 heterocycles. The third-order valence-electron chi connectivity index (χ3n) is 5.90. The summed E-state index contributed by atoms with van der Waals surface area (Å²) in [5.41, 5.74) is 2.52. The second-order valence-electron chi connectivity index (χ2n) is 8.31. The number of rotatable bonds is 10. The van der Waals surface area contributed by atoms with E-state index in [-0.39, 0.29) is 11.7 Å². The molecule has 0 radical (unpaired) electrons. The van der Waals surface area contributed by atoms with Crippen LogP contribution in [-0.2, 0) is 6.61 Å². The Kier molecular flexibility index (Phi) is 8.51. The van der Waals surface area contributed by atoms with Crippen LogP contribution in [0.2, 0.25) is 0 Å². The molecule has 0 saturated carbocycles. The fraction of sp³-hybridized carbons (Fsp3) is 0.333. The molecule has 1 aromatic heterocycles. The van der Waals surface area contributed by atoms with Crippen LogP contribution in [0, 0.1) is 5.82 Å². The zero-order valence-electron chi connectivity index (χ0n) is 20.0. The number of ether oxygens (including phenoxy) is 2. The Labute approximate surface area is 205 Å². The molecule has 1 fully saturated rings. The summed E-state index contributed by atoms with van der Waals surface area (Å²) in [5.74, 6) is 0.769. The minimum absolute atomic E-state index is 0.144. The molecule has 8 heteroatoms. The molecule has 184 valence electrons. The minimum atomic E-state index is -0.219. The number of anilines is 1. The van der Waals surface area contributed by atoms with Crippen LogP contribution >= 0.6 is 0 Å². The van der Waals surface area contributed by atoms with Crippen molar-refractivity contribution < 1.29 is 18.7 Å². The first-order valence-electron chi connectivity index (χ1n) is 11.9. The Hall–Kier alpha value is -3.65. The molecule has 0 aliphatic carbocycles. The van der Waals surface area contributed by atoms with Crippen LogP contribution < -0.4 is 19.7 Å². The van der Waals surface area contributed by atoms with Gasteiger partial charge in [-0.1, -0.05) is 6.07 Å². The second-order valence-corrected chi connectivity index (χ2v) is 8.31. The summed E-state index contributed by atoms with van der Waals surface area (Å²) in [6.45, 7) is 7.59. The quantitative estimate of drug-likeness (QED) is 0.479. The van der Waals surface area contributed by atoms with Crippen LogP contribution in [0.1, 0.15) is 22.8 Å². The molecule has 1 aliphatic heterocycles. The van der Waals surface area contributed by atoms with Crippen LogP contribution in [0.3, 0.4) is 0 Å². The number of halogens is 1. The normalized spacial score (nSPS) is 13.9. The van der Waals surface area contributed by atoms with Gasteiger partial charge < -0.3 is 19.7 Å². The number of pyridine rings is 1. The maximum absolute atomic E-state index is 13.1. The number of carbonyl (C=O) groups excluding carboxylic acids is 1. The Morgan fingerprint density at radius 3 is 2.54 bits per heavy atom. The van der Waals surface area contributed by atoms with Crippen LogP contribution in [0.4, 0.5) is 10.1 Å². The number of hydrogen-bond donors (Lipinski definition) is 1. The summed E-state index contributed by atoms with van der Waals surface area (Å²) in [5, 5.41) is 3.00. The van der Waals surface area contributed by atoms with Crippen LogP contribution in [-0.4, -0.2) is 61.7 Å². The van der Waals surface area contributed by atoms with E-state index in [2.05, 4.69) is 20.1 Å². The number of hydrogen-bond acceptors (Lipinski definition) is 6. The van der Waals surface area contributed by atoms with Crippen molar-refractivity contribution in [2.24, 2.45) is 0 Å². The molecule has 7 nitrogen and oxygen atoms in total. The Morgan fingerprint density at radius 2 is 1.83 bits per heavy atom. The molecular weight excluding hydrogens is 447 g/mol. The van der Waals surface area contributed by atoms with Crippen molar-refractivity contribution in [2.75, 3.05) is 50.8 Å². The van der Waals surface area contributed by atoms with E-state index in [1.54, 1.807) is 30.6 Å². The Bertz CT molecular complexity index is 1090. The molecular formula is C27H31FN4O3. The highest BCUT2D eigenvalue weighted by molar-refractivity contribution is 5.94. The molecule has 4 rings (SSSR count). The standard InChI is InChI=1S/C27H31FN4O3/c1-2-34-26-18-22(5-10-25(26)35-20-21-4-3-11-29-19-21)27(33)30-12-13-31-14-16-32(17-15-31)24-8-6-23(28)7-9-24/h3-11,18-19H,2,12-17,20H2,1H3,(H,30,33). The monoisotopic (exact) mass is 478 g/mol. The van der Waals surface area contributed by atoms with Gasteiger partial charge in [0.1, 0.15) is 12.4 Å². The first-order valence-corrected chi connectivity index (χ1v) is 11.9. The number of benzene rings is 2. The predicted octanol–water partition coefficient (Wildman–Crippen LogP) is 3.75. The third kappa shape index (κ3) is 6.93. The van der Waals surface area contributed by atoms with Gasteiger partial charge in [0.05, 0.1) is 6.61 Å². The van der Waals surface area contributed by atoms with Crippen LogP contribution in [0.25, 0.3) is 0 Å². The van der Waals surface area contributed by atoms with Crippen molar-refractivity contribution >= 4 is 11.6 Å². The van der Waals surface area contributed by atoms with Crippen molar-refractivity contribution in [3.63, 3.8) is 0 Å². The van der Waals surface area contributed by atoms with Gasteiger partial charge in [-0.25, -0.2) is 4.39 Å². The minimum Gasteiger partial charge on any atom is -0.490 e. The number of aromatic nitrogens is 1. The van der Waals surface area contributed by atoms with E-state index in [9.17, 15) is 9.18 Å². The van der Waals surface area contributed by atoms with Crippen molar-refractivity contribution in [1.82, 2.24) is 15.2 Å². The summed E-state index contributed by atoms with van der Waals surface area (Å²) in [4.78, 5) is 21.4. The van der Waals surface area contributed by atoms with E-state index >= 15 is 0 Å². The van der Waals surface area contributed by atoms with Gasteiger partial charge in [0, 0.05) is 68.5 Å². The summed E-state index contributed by atoms with van der Waals surface area (Å²) in [7, 11) is 0. The van der Waals surface area contributed by atoms with E-state index in [1.807, 2.05) is 31.2 Å². The van der Waals surface area contributed by atoms with Gasteiger partial charge in [-0.2, -0.15) is 0 Å². The first kappa shape index (κ1) is 24.5. The molecule has 0 atom stereocenters. The molecule has 3 aromatic rings. The molecule has 35 heavy (non-hydrogen) atoms. The topological polar surface area (TPSA) is 66.9 Å². The number of carbonyl (C=O) groups is 1. The number of piperazine rings is 1. The van der Waals surface area contributed by atoms with E-state index in [0.29, 0.717) is 36.8 Å². The summed E-state index contributed by atoms with van der Waals surface area (Å²) in [6.07, 6.45) is 3.47. The molecule has 0 spiro atoms. The van der Waals surface area contributed by atoms with Gasteiger partial charge in [0.2, 0.25) is 0 Å². The Morgan fingerprint density at radius 1 is 1.03 bits per heavy atom. The molecule has 1 saturated heterocycles. The molecule has 2 aromatic carbocycles. The molecule has 0 bridgehead atoms. The average molecular weight is 479 g/mol. The van der Waals surface area contributed by atoms with Gasteiger partial charge in [0.15, 0.2) is 11.5 Å². The first-order chi connectivity index (χ1) is 17.1. The summed E-state index contributed by atoms with van der Waals surface area (Å²) < 4.78 is 24.8. The van der Waals surface area contributed by atoms with Gasteiger partial charge >= 0.3 is 0 Å². The lowest BCUT2D eigenvalue weighted by atomic mass is 10.2. The smallest absolute Gasteiger partial charge is 0.251 e. The van der Waals surface area contributed by atoms with Crippen molar-refractivity contribution in [2.45, 2.75) is 13.5 Å². The van der Waals surface area contributed by atoms with E-state index in [4.69, 9.17) is 9.47 Å². The highest BCUT2D eigenvalue weighted by Crippen LogP contribution is 2.29. The number of amides is 1. The van der Waals surface area contributed by atoms with Gasteiger partial charge in [-0.15, -0.1) is 0 Å². The summed E-state index contributed by atoms with van der Waals surface area (Å²) >= 11 is 0. The molecule has 0 unspecified atom stereocenters. The van der Waals surface area contributed by atoms with Crippen LogP contribution in [0.15, 0.2) is 67.0 Å². The van der Waals surface area contributed by atoms with Crippen molar-refractivity contribution in [3.8, 4) is 11.5 Å². The van der Waals surface area contributed by atoms with Crippen LogP contribution in [0.5, 0.6) is 11.5 Å². The van der Waals surface area contributed by atoms with Gasteiger partial charge in [0.25, 0.3) is 5.91 Å². The van der Waals surface area contributed by atoms with Gasteiger partial charge in [-0.3, -0.25) is 14.7 Å². The molecule has 1 amide bonds. The predicted molar refractivity (Wildman–Crippen MR) is 134 cm³/mol. The maximum atomic E-state index is 13.1. The number of nitrogens with one attached hydrogen (secondary N) is 1. The fourth-order valence-corrected chi connectivity index (χ4v) is 3.99. The van der Waals surface area contributed by atoms with Crippen molar-refractivity contribution in [1.29, 1.82) is 0 Å². The molecule has 1 aliphatic rings. The highest BCUT2D eigenvalue weighted by Gasteiger charge is 2.18. The fourth-order valence-electron chi connectivity index (χ4n) is 3.99. The largest absolute Gasteiger partial charge is 0.490 e.